The van der Waals surface area contributed by atoms with Crippen molar-refractivity contribution >= 4 is 34.6 Å². The van der Waals surface area contributed by atoms with E-state index < -0.39 is 10.8 Å². The highest BCUT2D eigenvalue weighted by atomic mass is 32.1. The molecule has 0 aliphatic heterocycles. The number of nitro groups is 1. The van der Waals surface area contributed by atoms with Crippen LogP contribution in [0.1, 0.15) is 15.9 Å². The van der Waals surface area contributed by atoms with Crippen LogP contribution in [0.15, 0.2) is 72.8 Å². The largest absolute Gasteiger partial charge is 0.490 e. The first-order valence-electron chi connectivity index (χ1n) is 9.70. The number of ether oxygens (including phenoxy) is 2. The summed E-state index contributed by atoms with van der Waals surface area (Å²) >= 11 is 5.17. The van der Waals surface area contributed by atoms with Crippen LogP contribution in [0, 0.1) is 17.0 Å². The second-order valence-electron chi connectivity index (χ2n) is 6.70. The normalized spacial score (nSPS) is 10.2. The third kappa shape index (κ3) is 6.51. The summed E-state index contributed by atoms with van der Waals surface area (Å²) < 4.78 is 11.2. The van der Waals surface area contributed by atoms with Gasteiger partial charge < -0.3 is 14.8 Å². The molecule has 0 atom stereocenters. The van der Waals surface area contributed by atoms with E-state index >= 15 is 0 Å². The quantitative estimate of drug-likeness (QED) is 0.225. The highest BCUT2D eigenvalue weighted by Gasteiger charge is 2.12. The summed E-state index contributed by atoms with van der Waals surface area (Å²) in [5, 5.41) is 16.4. The first-order valence-corrected chi connectivity index (χ1v) is 10.1. The van der Waals surface area contributed by atoms with Gasteiger partial charge in [-0.2, -0.15) is 0 Å². The summed E-state index contributed by atoms with van der Waals surface area (Å²) in [6.07, 6.45) is 0. The Morgan fingerprint density at radius 2 is 1.59 bits per heavy atom. The Balaban J connectivity index is 1.48. The van der Waals surface area contributed by atoms with E-state index in [1.165, 1.54) is 12.1 Å². The molecule has 0 unspecified atom stereocenters. The molecular weight excluding hydrogens is 430 g/mol. The van der Waals surface area contributed by atoms with E-state index in [0.717, 1.165) is 11.3 Å². The molecule has 0 fully saturated rings. The predicted octanol–water partition coefficient (Wildman–Crippen LogP) is 4.49. The zero-order valence-electron chi connectivity index (χ0n) is 17.2. The fourth-order valence-corrected chi connectivity index (χ4v) is 2.93. The molecule has 2 N–H and O–H groups in total. The van der Waals surface area contributed by atoms with E-state index in [4.69, 9.17) is 21.7 Å². The van der Waals surface area contributed by atoms with Crippen molar-refractivity contribution in [2.45, 2.75) is 6.92 Å². The van der Waals surface area contributed by atoms with Crippen molar-refractivity contribution in [1.82, 2.24) is 5.32 Å². The Bertz CT molecular complexity index is 1100. The highest BCUT2D eigenvalue weighted by molar-refractivity contribution is 7.80. The number of carbonyl (C=O) groups is 1. The van der Waals surface area contributed by atoms with Crippen LogP contribution < -0.4 is 20.1 Å². The summed E-state index contributed by atoms with van der Waals surface area (Å²) in [5.74, 6) is 0.962. The van der Waals surface area contributed by atoms with E-state index in [1.807, 2.05) is 30.3 Å². The number of hydrogen-bond acceptors (Lipinski definition) is 6. The molecule has 0 bridgehead atoms. The number of para-hydroxylation sites is 1. The van der Waals surface area contributed by atoms with E-state index in [-0.39, 0.29) is 10.8 Å². The number of carbonyl (C=O) groups excluding carboxylic acids is 1. The van der Waals surface area contributed by atoms with E-state index in [1.54, 1.807) is 37.3 Å². The third-order valence-electron chi connectivity index (χ3n) is 4.39. The van der Waals surface area contributed by atoms with Gasteiger partial charge in [-0.3, -0.25) is 20.2 Å². The van der Waals surface area contributed by atoms with Gasteiger partial charge >= 0.3 is 0 Å². The molecule has 1 amide bonds. The lowest BCUT2D eigenvalue weighted by Gasteiger charge is -2.12. The Morgan fingerprint density at radius 1 is 0.969 bits per heavy atom. The van der Waals surface area contributed by atoms with Gasteiger partial charge in [0.2, 0.25) is 0 Å². The van der Waals surface area contributed by atoms with Crippen LogP contribution >= 0.6 is 12.2 Å². The lowest BCUT2D eigenvalue weighted by molar-refractivity contribution is -0.384. The fraction of sp³-hybridized carbons (Fsp3) is 0.130. The predicted molar refractivity (Wildman–Crippen MR) is 125 cm³/mol. The van der Waals surface area contributed by atoms with Gasteiger partial charge in [-0.25, -0.2) is 0 Å². The molecule has 0 saturated carbocycles. The average Bonchev–Trinajstić information content (AvgIpc) is 2.79. The Morgan fingerprint density at radius 3 is 2.22 bits per heavy atom. The number of non-ortho nitro benzene ring substituents is 1. The smallest absolute Gasteiger partial charge is 0.271 e. The van der Waals surface area contributed by atoms with E-state index in [2.05, 4.69) is 10.6 Å². The monoisotopic (exact) mass is 451 g/mol. The number of thiocarbonyl (C=S) groups is 1. The lowest BCUT2D eigenvalue weighted by atomic mass is 10.2. The van der Waals surface area contributed by atoms with Crippen LogP contribution in [0.2, 0.25) is 0 Å². The van der Waals surface area contributed by atoms with Crippen molar-refractivity contribution in [3.05, 3.63) is 94.0 Å². The topological polar surface area (TPSA) is 103 Å². The average molecular weight is 452 g/mol. The maximum atomic E-state index is 12.4. The number of amides is 1. The maximum Gasteiger partial charge on any atom is 0.271 e. The molecule has 3 aromatic rings. The van der Waals surface area contributed by atoms with Crippen molar-refractivity contribution in [2.75, 3.05) is 18.5 Å². The van der Waals surface area contributed by atoms with Gasteiger partial charge in [-0.05, 0) is 61.1 Å². The van der Waals surface area contributed by atoms with Gasteiger partial charge in [0, 0.05) is 23.4 Å². The van der Waals surface area contributed by atoms with Crippen molar-refractivity contribution in [3.63, 3.8) is 0 Å². The molecule has 0 aromatic heterocycles. The van der Waals surface area contributed by atoms with Crippen molar-refractivity contribution < 1.29 is 19.2 Å². The van der Waals surface area contributed by atoms with Crippen molar-refractivity contribution in [3.8, 4) is 11.5 Å². The zero-order valence-corrected chi connectivity index (χ0v) is 18.1. The van der Waals surface area contributed by atoms with E-state index in [9.17, 15) is 14.9 Å². The second kappa shape index (κ2) is 10.9. The Labute approximate surface area is 190 Å². The molecule has 0 spiro atoms. The number of nitrogens with one attached hydrogen (secondary N) is 2. The zero-order chi connectivity index (χ0) is 22.9. The van der Waals surface area contributed by atoms with Gasteiger partial charge in [-0.1, -0.05) is 24.3 Å². The van der Waals surface area contributed by atoms with E-state index in [0.29, 0.717) is 30.2 Å². The standard InChI is InChI=1S/C23H21N3O5S/c1-16-7-10-18(26(28)29)15-21(16)24-23(32)25-22(27)17-8-11-20(12-9-17)31-14-13-30-19-5-3-2-4-6-19/h2-12,15H,13-14H2,1H3,(H2,24,25,27,32). The minimum atomic E-state index is -0.496. The number of hydrogen-bond donors (Lipinski definition) is 2. The maximum absolute atomic E-state index is 12.4. The molecule has 3 aromatic carbocycles. The summed E-state index contributed by atoms with van der Waals surface area (Å²) in [5.41, 5.74) is 1.52. The third-order valence-corrected chi connectivity index (χ3v) is 4.59. The van der Waals surface area contributed by atoms with Crippen LogP contribution in [0.4, 0.5) is 11.4 Å². The molecule has 9 heteroatoms. The summed E-state index contributed by atoms with van der Waals surface area (Å²) in [7, 11) is 0. The van der Waals surface area contributed by atoms with Crippen LogP contribution in [-0.4, -0.2) is 29.2 Å². The first kappa shape index (κ1) is 22.7. The highest BCUT2D eigenvalue weighted by Crippen LogP contribution is 2.21. The number of nitrogens with zero attached hydrogens (tertiary/aromatic N) is 1. The molecule has 0 aliphatic rings. The molecule has 8 nitrogen and oxygen atoms in total. The first-order chi connectivity index (χ1) is 15.4. The van der Waals surface area contributed by atoms with Gasteiger partial charge in [-0.15, -0.1) is 0 Å². The van der Waals surface area contributed by atoms with Gasteiger partial charge in [0.15, 0.2) is 5.11 Å². The van der Waals surface area contributed by atoms with Gasteiger partial charge in [0.25, 0.3) is 11.6 Å². The summed E-state index contributed by atoms with van der Waals surface area (Å²) in [6.45, 7) is 2.53. The van der Waals surface area contributed by atoms with Crippen LogP contribution in [0.3, 0.4) is 0 Å². The number of anilines is 1. The lowest BCUT2D eigenvalue weighted by Crippen LogP contribution is -2.34. The second-order valence-corrected chi connectivity index (χ2v) is 7.11. The number of aryl methyl sites for hydroxylation is 1. The van der Waals surface area contributed by atoms with Gasteiger partial charge in [0.1, 0.15) is 24.7 Å². The minimum absolute atomic E-state index is 0.0389. The van der Waals surface area contributed by atoms with Crippen LogP contribution in [0.5, 0.6) is 11.5 Å². The summed E-state index contributed by atoms with van der Waals surface area (Å²) in [4.78, 5) is 22.9. The van der Waals surface area contributed by atoms with Crippen molar-refractivity contribution in [2.24, 2.45) is 0 Å². The SMILES string of the molecule is Cc1ccc([N+](=O)[O-])cc1NC(=S)NC(=O)c1ccc(OCCOc2ccccc2)cc1. The van der Waals surface area contributed by atoms with Crippen molar-refractivity contribution in [1.29, 1.82) is 0 Å². The molecule has 32 heavy (non-hydrogen) atoms. The van der Waals surface area contributed by atoms with Crippen LogP contribution in [0.25, 0.3) is 0 Å². The molecule has 3 rings (SSSR count). The molecule has 0 heterocycles. The molecule has 164 valence electrons. The van der Waals surface area contributed by atoms with Crippen LogP contribution in [-0.2, 0) is 0 Å². The number of rotatable bonds is 8. The minimum Gasteiger partial charge on any atom is -0.490 e. The Kier molecular flexibility index (Phi) is 7.71. The number of benzene rings is 3. The number of nitro benzene ring substituents is 1. The Hall–Kier alpha value is -3.98. The fourth-order valence-electron chi connectivity index (χ4n) is 2.73. The summed E-state index contributed by atoms with van der Waals surface area (Å²) in [6, 6.07) is 20.4. The molecular formula is C23H21N3O5S. The molecule has 0 aliphatic carbocycles. The van der Waals surface area contributed by atoms with Gasteiger partial charge in [0.05, 0.1) is 4.92 Å². The molecule has 0 saturated heterocycles. The molecule has 0 radical (unpaired) electrons.